The van der Waals surface area contributed by atoms with Gasteiger partial charge in [0.15, 0.2) is 0 Å². The molecule has 1 nitrogen and oxygen atoms in total. The van der Waals surface area contributed by atoms with Gasteiger partial charge in [0.25, 0.3) is 0 Å². The van der Waals surface area contributed by atoms with E-state index in [1.54, 1.807) is 0 Å². The van der Waals surface area contributed by atoms with Gasteiger partial charge in [-0.1, -0.05) is 63.1 Å². The number of pyridine rings is 1. The Morgan fingerprint density at radius 3 is 2.12 bits per heavy atom. The molecule has 0 N–H and O–H groups in total. The second-order valence-electron chi connectivity index (χ2n) is 7.12. The first-order valence-electron chi connectivity index (χ1n) is 9.45. The largest absolute Gasteiger partial charge is 0.265 e. The fourth-order valence-corrected chi connectivity index (χ4v) is 4.70. The van der Waals surface area contributed by atoms with Crippen LogP contribution in [0.2, 0.25) is 0 Å². The van der Waals surface area contributed by atoms with Crippen LogP contribution < -0.4 is 0 Å². The molecule has 0 unspecified atom stereocenters. The van der Waals surface area contributed by atoms with Crippen LogP contribution in [0, 0.1) is 0 Å². The smallest absolute Gasteiger partial charge is 0.0273 e. The van der Waals surface area contributed by atoms with Crippen molar-refractivity contribution in [3.05, 3.63) is 78.1 Å². The highest BCUT2D eigenvalue weighted by molar-refractivity contribution is 5.83. The van der Waals surface area contributed by atoms with Crippen molar-refractivity contribution in [1.82, 2.24) is 4.98 Å². The number of fused-ring (bicyclic) bond motifs is 3. The summed E-state index contributed by atoms with van der Waals surface area (Å²) in [7, 11) is 0. The zero-order chi connectivity index (χ0) is 17.3. The summed E-state index contributed by atoms with van der Waals surface area (Å²) in [5, 5.41) is 0. The minimum absolute atomic E-state index is 0.165. The van der Waals surface area contributed by atoms with Crippen LogP contribution in [-0.2, 0) is 5.41 Å². The van der Waals surface area contributed by atoms with Gasteiger partial charge in [-0.2, -0.15) is 0 Å². The van der Waals surface area contributed by atoms with Crippen molar-refractivity contribution in [2.45, 2.75) is 44.9 Å². The first-order valence-corrected chi connectivity index (χ1v) is 9.45. The molecule has 1 aliphatic rings. The van der Waals surface area contributed by atoms with E-state index >= 15 is 0 Å². The van der Waals surface area contributed by atoms with Crippen LogP contribution >= 0.6 is 0 Å². The van der Waals surface area contributed by atoms with Gasteiger partial charge in [0.05, 0.1) is 0 Å². The molecule has 4 rings (SSSR count). The first kappa shape index (κ1) is 16.1. The van der Waals surface area contributed by atoms with Crippen molar-refractivity contribution in [3.8, 4) is 22.3 Å². The van der Waals surface area contributed by atoms with Crippen LogP contribution in [0.5, 0.6) is 0 Å². The molecule has 0 saturated heterocycles. The standard InChI is InChI=1S/C24H25N/c1-3-13-24(14-4-2)22-8-6-5-7-20(22)21-10-9-19(17-23(21)24)18-11-15-25-16-12-18/h5-12,15-17H,3-4,13-14H2,1-2H3. The van der Waals surface area contributed by atoms with Crippen molar-refractivity contribution in [1.29, 1.82) is 0 Å². The molecule has 126 valence electrons. The zero-order valence-corrected chi connectivity index (χ0v) is 15.1. The molecule has 3 aromatic rings. The predicted molar refractivity (Wildman–Crippen MR) is 106 cm³/mol. The second-order valence-corrected chi connectivity index (χ2v) is 7.12. The van der Waals surface area contributed by atoms with Crippen LogP contribution in [0.25, 0.3) is 22.3 Å². The van der Waals surface area contributed by atoms with Crippen molar-refractivity contribution < 1.29 is 0 Å². The zero-order valence-electron chi connectivity index (χ0n) is 15.1. The summed E-state index contributed by atoms with van der Waals surface area (Å²) in [5.41, 5.74) is 8.61. The molecule has 0 radical (unpaired) electrons. The Hall–Kier alpha value is -2.41. The molecule has 0 fully saturated rings. The van der Waals surface area contributed by atoms with Crippen molar-refractivity contribution in [2.24, 2.45) is 0 Å². The normalized spacial score (nSPS) is 14.2. The molecule has 0 spiro atoms. The summed E-state index contributed by atoms with van der Waals surface area (Å²) in [6, 6.07) is 20.3. The van der Waals surface area contributed by atoms with Gasteiger partial charge < -0.3 is 0 Å². The average molecular weight is 327 g/mol. The molecule has 1 heteroatoms. The maximum Gasteiger partial charge on any atom is 0.0273 e. The third kappa shape index (κ3) is 2.50. The maximum atomic E-state index is 4.16. The molecular weight excluding hydrogens is 302 g/mol. The minimum Gasteiger partial charge on any atom is -0.265 e. The van der Waals surface area contributed by atoms with E-state index in [0.29, 0.717) is 0 Å². The third-order valence-corrected chi connectivity index (χ3v) is 5.64. The Balaban J connectivity index is 1.95. The van der Waals surface area contributed by atoms with Gasteiger partial charge >= 0.3 is 0 Å². The van der Waals surface area contributed by atoms with Crippen LogP contribution in [0.3, 0.4) is 0 Å². The highest BCUT2D eigenvalue weighted by Crippen LogP contribution is 2.54. The lowest BCUT2D eigenvalue weighted by Crippen LogP contribution is -2.25. The van der Waals surface area contributed by atoms with Gasteiger partial charge in [-0.05, 0) is 64.4 Å². The second kappa shape index (κ2) is 6.48. The molecule has 0 atom stereocenters. The molecule has 0 amide bonds. The average Bonchev–Trinajstić information content (AvgIpc) is 2.93. The fourth-order valence-electron chi connectivity index (χ4n) is 4.70. The monoisotopic (exact) mass is 327 g/mol. The van der Waals surface area contributed by atoms with Gasteiger partial charge in [0.2, 0.25) is 0 Å². The quantitative estimate of drug-likeness (QED) is 0.513. The fraction of sp³-hybridized carbons (Fsp3) is 0.292. The molecule has 25 heavy (non-hydrogen) atoms. The van der Waals surface area contributed by atoms with Crippen molar-refractivity contribution >= 4 is 0 Å². The molecule has 0 bridgehead atoms. The van der Waals surface area contributed by atoms with E-state index in [4.69, 9.17) is 0 Å². The number of nitrogens with zero attached hydrogens (tertiary/aromatic N) is 1. The van der Waals surface area contributed by atoms with Gasteiger partial charge in [-0.3, -0.25) is 4.98 Å². The summed E-state index contributed by atoms with van der Waals surface area (Å²) >= 11 is 0. The summed E-state index contributed by atoms with van der Waals surface area (Å²) < 4.78 is 0. The summed E-state index contributed by atoms with van der Waals surface area (Å²) in [6.45, 7) is 4.62. The van der Waals surface area contributed by atoms with E-state index in [2.05, 4.69) is 73.4 Å². The highest BCUT2D eigenvalue weighted by atomic mass is 14.6. The lowest BCUT2D eigenvalue weighted by Gasteiger charge is -2.32. The van der Waals surface area contributed by atoms with Crippen LogP contribution in [0.1, 0.15) is 50.7 Å². The van der Waals surface area contributed by atoms with Gasteiger partial charge in [-0.25, -0.2) is 0 Å². The first-order chi connectivity index (χ1) is 12.3. The van der Waals surface area contributed by atoms with Crippen molar-refractivity contribution in [3.63, 3.8) is 0 Å². The summed E-state index contributed by atoms with van der Waals surface area (Å²) in [6.07, 6.45) is 8.58. The van der Waals surface area contributed by atoms with Crippen LogP contribution in [0.4, 0.5) is 0 Å². The number of rotatable bonds is 5. The molecule has 1 aromatic heterocycles. The maximum absolute atomic E-state index is 4.16. The Morgan fingerprint density at radius 1 is 0.720 bits per heavy atom. The van der Waals surface area contributed by atoms with Crippen LogP contribution in [-0.4, -0.2) is 4.98 Å². The van der Waals surface area contributed by atoms with Gasteiger partial charge in [0.1, 0.15) is 0 Å². The van der Waals surface area contributed by atoms with Crippen LogP contribution in [0.15, 0.2) is 67.0 Å². The Bertz CT molecular complexity index is 874. The topological polar surface area (TPSA) is 12.9 Å². The Kier molecular flexibility index (Phi) is 4.17. The van der Waals surface area contributed by atoms with E-state index in [1.165, 1.54) is 59.1 Å². The van der Waals surface area contributed by atoms with Gasteiger partial charge in [0, 0.05) is 17.8 Å². The summed E-state index contributed by atoms with van der Waals surface area (Å²) in [5.74, 6) is 0. The molecule has 2 aromatic carbocycles. The molecule has 1 heterocycles. The number of hydrogen-bond acceptors (Lipinski definition) is 1. The lowest BCUT2D eigenvalue weighted by molar-refractivity contribution is 0.436. The molecule has 0 saturated carbocycles. The van der Waals surface area contributed by atoms with E-state index in [-0.39, 0.29) is 5.41 Å². The number of aromatic nitrogens is 1. The van der Waals surface area contributed by atoms with E-state index in [9.17, 15) is 0 Å². The van der Waals surface area contributed by atoms with E-state index in [0.717, 1.165) is 0 Å². The van der Waals surface area contributed by atoms with Crippen molar-refractivity contribution in [2.75, 3.05) is 0 Å². The SMILES string of the molecule is CCCC1(CCC)c2ccccc2-c2ccc(-c3ccncc3)cc21. The Morgan fingerprint density at radius 2 is 1.40 bits per heavy atom. The molecule has 0 aliphatic heterocycles. The summed E-state index contributed by atoms with van der Waals surface area (Å²) in [4.78, 5) is 4.16. The Labute approximate surface area is 150 Å². The van der Waals surface area contributed by atoms with E-state index < -0.39 is 0 Å². The number of hydrogen-bond donors (Lipinski definition) is 0. The van der Waals surface area contributed by atoms with E-state index in [1.807, 2.05) is 12.4 Å². The number of benzene rings is 2. The van der Waals surface area contributed by atoms with Gasteiger partial charge in [-0.15, -0.1) is 0 Å². The molecule has 1 aliphatic carbocycles. The predicted octanol–water partition coefficient (Wildman–Crippen LogP) is 6.62. The third-order valence-electron chi connectivity index (χ3n) is 5.64. The molecular formula is C24H25N. The highest BCUT2D eigenvalue weighted by Gasteiger charge is 2.41. The minimum atomic E-state index is 0.165. The lowest BCUT2D eigenvalue weighted by atomic mass is 9.71.